The summed E-state index contributed by atoms with van der Waals surface area (Å²) in [4.78, 5) is 32.2. The van der Waals surface area contributed by atoms with Crippen molar-refractivity contribution in [3.63, 3.8) is 0 Å². The van der Waals surface area contributed by atoms with Crippen LogP contribution in [0.2, 0.25) is 5.02 Å². The molecule has 7 heteroatoms. The summed E-state index contributed by atoms with van der Waals surface area (Å²) in [6.07, 6.45) is 5.27. The number of amides is 1. The fraction of sp³-hybridized carbons (Fsp3) is 0.265. The van der Waals surface area contributed by atoms with E-state index in [1.165, 1.54) is 11.1 Å². The van der Waals surface area contributed by atoms with Crippen molar-refractivity contribution in [2.24, 2.45) is 17.9 Å². The summed E-state index contributed by atoms with van der Waals surface area (Å²) in [5, 5.41) is 9.95. The van der Waals surface area contributed by atoms with Crippen molar-refractivity contribution in [1.82, 2.24) is 14.5 Å². The number of aromatic carboxylic acids is 1. The molecule has 6 rings (SSSR count). The molecule has 0 fully saturated rings. The smallest absolute Gasteiger partial charge is 0.335 e. The third kappa shape index (κ3) is 4.47. The molecule has 41 heavy (non-hydrogen) atoms. The standard InChI is InChI=1S/C34H32ClN3O3/c1-33(2)26(21-9-11-22(12-10-21)32(40)41)15-17-34(3)20-38(18-16-29(33)34)31(39)25-8-6-5-7-24(25)30-36-27-14-13-23(35)19-28(27)37(30)4/h5-16,19H,17-18,20H2,1-4H3,(H,40,41)/t34-/m1/s1. The Labute approximate surface area is 244 Å². The highest BCUT2D eigenvalue weighted by Gasteiger charge is 2.46. The molecule has 0 spiro atoms. The molecule has 1 atom stereocenters. The molecule has 0 bridgehead atoms. The van der Waals surface area contributed by atoms with Gasteiger partial charge in [-0.2, -0.15) is 0 Å². The molecule has 2 aliphatic rings. The summed E-state index contributed by atoms with van der Waals surface area (Å²) in [5.74, 6) is -0.215. The number of hydrogen-bond donors (Lipinski definition) is 1. The van der Waals surface area contributed by atoms with E-state index in [0.717, 1.165) is 34.4 Å². The number of hydrogen-bond acceptors (Lipinski definition) is 3. The monoisotopic (exact) mass is 565 g/mol. The molecule has 2 heterocycles. The normalized spacial score (nSPS) is 19.9. The highest BCUT2D eigenvalue weighted by molar-refractivity contribution is 6.31. The van der Waals surface area contributed by atoms with Gasteiger partial charge in [0.2, 0.25) is 0 Å². The number of aryl methyl sites for hydroxylation is 1. The molecule has 1 amide bonds. The van der Waals surface area contributed by atoms with Gasteiger partial charge in [-0.25, -0.2) is 9.78 Å². The van der Waals surface area contributed by atoms with E-state index < -0.39 is 5.97 Å². The minimum absolute atomic E-state index is 0.0148. The molecule has 4 aromatic rings. The van der Waals surface area contributed by atoms with Crippen LogP contribution < -0.4 is 0 Å². The van der Waals surface area contributed by atoms with E-state index in [2.05, 4.69) is 32.9 Å². The molecular weight excluding hydrogens is 534 g/mol. The molecule has 0 radical (unpaired) electrons. The second-order valence-electron chi connectivity index (χ2n) is 11.9. The van der Waals surface area contributed by atoms with Crippen LogP contribution in [-0.2, 0) is 7.05 Å². The van der Waals surface area contributed by atoms with Crippen LogP contribution in [0.25, 0.3) is 28.0 Å². The van der Waals surface area contributed by atoms with E-state index in [-0.39, 0.29) is 22.3 Å². The number of fused-ring (bicyclic) bond motifs is 2. The van der Waals surface area contributed by atoms with E-state index in [9.17, 15) is 14.7 Å². The molecule has 1 aliphatic heterocycles. The molecular formula is C34H32ClN3O3. The van der Waals surface area contributed by atoms with E-state index >= 15 is 0 Å². The van der Waals surface area contributed by atoms with Crippen molar-refractivity contribution in [3.8, 4) is 11.4 Å². The van der Waals surface area contributed by atoms with Crippen molar-refractivity contribution >= 4 is 40.1 Å². The SMILES string of the molecule is Cn1c(-c2ccccc2C(=O)N2CC=C3C(C)(C)C(c4ccc(C(=O)O)cc4)=CC[C@]3(C)C2)nc2ccc(Cl)cc21. The molecule has 1 N–H and O–H groups in total. The number of carboxylic acids is 1. The average Bonchev–Trinajstić information content (AvgIpc) is 3.27. The molecule has 6 nitrogen and oxygen atoms in total. The van der Waals surface area contributed by atoms with Gasteiger partial charge in [0, 0.05) is 41.6 Å². The number of rotatable bonds is 4. The van der Waals surface area contributed by atoms with Gasteiger partial charge < -0.3 is 14.6 Å². The van der Waals surface area contributed by atoms with Gasteiger partial charge in [0.1, 0.15) is 5.82 Å². The lowest BCUT2D eigenvalue weighted by Gasteiger charge is -2.50. The highest BCUT2D eigenvalue weighted by atomic mass is 35.5. The average molecular weight is 566 g/mol. The third-order valence-electron chi connectivity index (χ3n) is 8.78. The van der Waals surface area contributed by atoms with Gasteiger partial charge in [-0.3, -0.25) is 4.79 Å². The quantitative estimate of drug-likeness (QED) is 0.260. The summed E-state index contributed by atoms with van der Waals surface area (Å²) < 4.78 is 1.99. The van der Waals surface area contributed by atoms with E-state index in [1.54, 1.807) is 12.1 Å². The van der Waals surface area contributed by atoms with Crippen LogP contribution in [0.3, 0.4) is 0 Å². The zero-order valence-electron chi connectivity index (χ0n) is 23.6. The van der Waals surface area contributed by atoms with Gasteiger partial charge in [0.25, 0.3) is 5.91 Å². The summed E-state index contributed by atoms with van der Waals surface area (Å²) in [5.41, 5.74) is 6.49. The van der Waals surface area contributed by atoms with Crippen LogP contribution in [-0.4, -0.2) is 44.5 Å². The van der Waals surface area contributed by atoms with Crippen molar-refractivity contribution in [2.45, 2.75) is 27.2 Å². The first kappa shape index (κ1) is 27.0. The number of aromatic nitrogens is 2. The maximum absolute atomic E-state index is 14.1. The van der Waals surface area contributed by atoms with Crippen molar-refractivity contribution in [1.29, 1.82) is 0 Å². The maximum Gasteiger partial charge on any atom is 0.335 e. The summed E-state index contributed by atoms with van der Waals surface area (Å²) in [7, 11) is 1.95. The van der Waals surface area contributed by atoms with Gasteiger partial charge in [0.15, 0.2) is 0 Å². The van der Waals surface area contributed by atoms with Crippen molar-refractivity contribution in [3.05, 3.63) is 106 Å². The number of allylic oxidation sites excluding steroid dienone is 2. The van der Waals surface area contributed by atoms with Crippen molar-refractivity contribution in [2.75, 3.05) is 13.1 Å². The van der Waals surface area contributed by atoms with E-state index in [0.29, 0.717) is 23.7 Å². The number of carboxylic acid groups (broad SMARTS) is 1. The first-order chi connectivity index (χ1) is 19.5. The summed E-state index contributed by atoms with van der Waals surface area (Å²) >= 11 is 6.25. The second kappa shape index (κ2) is 9.74. The Kier molecular flexibility index (Phi) is 6.42. The molecule has 0 saturated carbocycles. The Bertz CT molecular complexity index is 1780. The maximum atomic E-state index is 14.1. The van der Waals surface area contributed by atoms with Crippen molar-refractivity contribution < 1.29 is 14.7 Å². The van der Waals surface area contributed by atoms with Crippen LogP contribution in [0.15, 0.2) is 84.5 Å². The summed E-state index contributed by atoms with van der Waals surface area (Å²) in [6, 6.07) is 20.4. The lowest BCUT2D eigenvalue weighted by molar-refractivity contribution is 0.0679. The predicted molar refractivity (Wildman–Crippen MR) is 163 cm³/mol. The van der Waals surface area contributed by atoms with Crippen LogP contribution in [0.1, 0.15) is 53.5 Å². The Hall–Kier alpha value is -4.16. The zero-order valence-corrected chi connectivity index (χ0v) is 24.4. The minimum Gasteiger partial charge on any atom is -0.478 e. The first-order valence-electron chi connectivity index (χ1n) is 13.8. The Morgan fingerprint density at radius 2 is 1.71 bits per heavy atom. The molecule has 1 aromatic heterocycles. The largest absolute Gasteiger partial charge is 0.478 e. The topological polar surface area (TPSA) is 75.4 Å². The zero-order chi connectivity index (χ0) is 29.1. The minimum atomic E-state index is -0.928. The molecule has 1 aliphatic carbocycles. The number of imidazole rings is 1. The number of nitrogens with zero attached hydrogens (tertiary/aromatic N) is 3. The fourth-order valence-corrected chi connectivity index (χ4v) is 6.96. The number of carbonyl (C=O) groups excluding carboxylic acids is 1. The molecule has 3 aromatic carbocycles. The fourth-order valence-electron chi connectivity index (χ4n) is 6.80. The lowest BCUT2D eigenvalue weighted by atomic mass is 9.58. The lowest BCUT2D eigenvalue weighted by Crippen LogP contribution is -2.48. The second-order valence-corrected chi connectivity index (χ2v) is 12.3. The van der Waals surface area contributed by atoms with Gasteiger partial charge in [-0.1, -0.05) is 80.4 Å². The molecule has 0 saturated heterocycles. The van der Waals surface area contributed by atoms with Gasteiger partial charge >= 0.3 is 5.97 Å². The first-order valence-corrected chi connectivity index (χ1v) is 14.1. The Balaban J connectivity index is 1.31. The number of benzene rings is 3. The predicted octanol–water partition coefficient (Wildman–Crippen LogP) is 7.49. The van der Waals surface area contributed by atoms with Crippen LogP contribution in [0.5, 0.6) is 0 Å². The van der Waals surface area contributed by atoms with Gasteiger partial charge in [-0.15, -0.1) is 0 Å². The van der Waals surface area contributed by atoms with E-state index in [4.69, 9.17) is 16.6 Å². The van der Waals surface area contributed by atoms with Gasteiger partial charge in [-0.05, 0) is 54.0 Å². The van der Waals surface area contributed by atoms with E-state index in [1.807, 2.05) is 71.1 Å². The molecule has 208 valence electrons. The number of carbonyl (C=O) groups is 2. The summed E-state index contributed by atoms with van der Waals surface area (Å²) in [6.45, 7) is 7.80. The van der Waals surface area contributed by atoms with Crippen LogP contribution >= 0.6 is 11.6 Å². The van der Waals surface area contributed by atoms with Crippen LogP contribution in [0, 0.1) is 10.8 Å². The van der Waals surface area contributed by atoms with Gasteiger partial charge in [0.05, 0.1) is 22.2 Å². The Morgan fingerprint density at radius 1 is 0.976 bits per heavy atom. The molecule has 0 unspecified atom stereocenters. The number of halogens is 1. The van der Waals surface area contributed by atoms with Crippen LogP contribution in [0.4, 0.5) is 0 Å². The third-order valence-corrected chi connectivity index (χ3v) is 9.02. The highest BCUT2D eigenvalue weighted by Crippen LogP contribution is 2.55. The Morgan fingerprint density at radius 3 is 2.44 bits per heavy atom.